The zero-order chi connectivity index (χ0) is 18.0. The van der Waals surface area contributed by atoms with Crippen LogP contribution in [0.3, 0.4) is 0 Å². The summed E-state index contributed by atoms with van der Waals surface area (Å²) >= 11 is 0. The highest BCUT2D eigenvalue weighted by Crippen LogP contribution is 2.35. The number of hydrogen-bond donors (Lipinski definition) is 0. The number of rotatable bonds is 5. The van der Waals surface area contributed by atoms with Crippen molar-refractivity contribution in [3.05, 3.63) is 53.2 Å². The number of carbonyl (C=O) groups excluding carboxylic acids is 2. The van der Waals surface area contributed by atoms with Gasteiger partial charge >= 0.3 is 5.97 Å². The monoisotopic (exact) mass is 342 g/mol. The molecular weight excluding hydrogens is 324 g/mol. The van der Waals surface area contributed by atoms with Crippen LogP contribution in [-0.2, 0) is 9.53 Å². The molecule has 0 bridgehead atoms. The van der Waals surface area contributed by atoms with Crippen molar-refractivity contribution < 1.29 is 28.2 Å². The molecule has 3 rings (SSSR count). The van der Waals surface area contributed by atoms with Gasteiger partial charge in [0.1, 0.15) is 23.0 Å². The Hall–Kier alpha value is -3.02. The van der Waals surface area contributed by atoms with Crippen molar-refractivity contribution in [2.24, 2.45) is 0 Å². The van der Waals surface area contributed by atoms with Crippen molar-refractivity contribution in [2.75, 3.05) is 6.61 Å². The molecule has 1 unspecified atom stereocenters. The van der Waals surface area contributed by atoms with Crippen molar-refractivity contribution in [3.8, 4) is 11.5 Å². The summed E-state index contributed by atoms with van der Waals surface area (Å²) < 4.78 is 21.5. The Bertz CT molecular complexity index is 845. The molecule has 0 saturated carbocycles. The van der Waals surface area contributed by atoms with Gasteiger partial charge in [0.15, 0.2) is 11.9 Å². The van der Waals surface area contributed by atoms with Gasteiger partial charge in [-0.15, -0.1) is 0 Å². The molecule has 2 heterocycles. The van der Waals surface area contributed by atoms with Gasteiger partial charge in [-0.2, -0.15) is 0 Å². The van der Waals surface area contributed by atoms with E-state index in [0.29, 0.717) is 22.8 Å². The number of benzene rings is 1. The zero-order valence-corrected chi connectivity index (χ0v) is 14.2. The molecule has 0 radical (unpaired) electrons. The second kappa shape index (κ2) is 6.84. The van der Waals surface area contributed by atoms with E-state index in [9.17, 15) is 9.59 Å². The normalized spacial score (nSPS) is 15.6. The average molecular weight is 342 g/mol. The van der Waals surface area contributed by atoms with E-state index >= 15 is 0 Å². The molecular formula is C19H18O6. The van der Waals surface area contributed by atoms with Crippen LogP contribution in [-0.4, -0.2) is 24.5 Å². The molecule has 0 amide bonds. The van der Waals surface area contributed by atoms with Crippen LogP contribution in [0.2, 0.25) is 0 Å². The summed E-state index contributed by atoms with van der Waals surface area (Å²) in [5.41, 5.74) is 0.436. The number of carbonyl (C=O) groups is 2. The molecule has 6 nitrogen and oxygen atoms in total. The molecule has 0 saturated heterocycles. The molecule has 1 aromatic heterocycles. The van der Waals surface area contributed by atoms with E-state index in [2.05, 4.69) is 0 Å². The van der Waals surface area contributed by atoms with Gasteiger partial charge in [-0.25, -0.2) is 4.79 Å². The van der Waals surface area contributed by atoms with Crippen LogP contribution in [0, 0.1) is 6.92 Å². The van der Waals surface area contributed by atoms with Gasteiger partial charge in [-0.3, -0.25) is 4.79 Å². The molecule has 6 heteroatoms. The fraction of sp³-hybridized carbons (Fsp3) is 0.263. The summed E-state index contributed by atoms with van der Waals surface area (Å²) in [6.45, 7) is 5.44. The standard InChI is InChI=1S/C19H18O6/c1-4-22-19(21)12(3)24-14-7-8-15-16(9-14)25-17(18(15)20)10-13-6-5-11(2)23-13/h5-10,12H,4H2,1-3H3/b17-10-. The van der Waals surface area contributed by atoms with E-state index in [0.717, 1.165) is 5.76 Å². The highest BCUT2D eigenvalue weighted by Gasteiger charge is 2.28. The molecule has 1 aliphatic rings. The summed E-state index contributed by atoms with van der Waals surface area (Å²) in [7, 11) is 0. The molecule has 1 aromatic carbocycles. The first-order valence-corrected chi connectivity index (χ1v) is 7.96. The summed E-state index contributed by atoms with van der Waals surface area (Å²) in [5, 5.41) is 0. The Morgan fingerprint density at radius 1 is 1.28 bits per heavy atom. The first-order valence-electron chi connectivity index (χ1n) is 7.96. The molecule has 0 fully saturated rings. The second-order valence-corrected chi connectivity index (χ2v) is 5.56. The molecule has 1 atom stereocenters. The van der Waals surface area contributed by atoms with E-state index in [1.165, 1.54) is 0 Å². The third-order valence-corrected chi connectivity index (χ3v) is 3.61. The summed E-state index contributed by atoms with van der Waals surface area (Å²) in [6.07, 6.45) is 0.799. The predicted octanol–water partition coefficient (Wildman–Crippen LogP) is 3.53. The van der Waals surface area contributed by atoms with Crippen molar-refractivity contribution in [2.45, 2.75) is 26.9 Å². The third kappa shape index (κ3) is 3.57. The third-order valence-electron chi connectivity index (χ3n) is 3.61. The minimum atomic E-state index is -0.754. The van der Waals surface area contributed by atoms with Crippen LogP contribution in [0.5, 0.6) is 11.5 Å². The van der Waals surface area contributed by atoms with E-state index in [-0.39, 0.29) is 18.1 Å². The quantitative estimate of drug-likeness (QED) is 0.611. The van der Waals surface area contributed by atoms with Gasteiger partial charge in [-0.1, -0.05) is 0 Å². The highest BCUT2D eigenvalue weighted by molar-refractivity contribution is 6.14. The lowest BCUT2D eigenvalue weighted by atomic mass is 10.1. The Morgan fingerprint density at radius 2 is 2.08 bits per heavy atom. The van der Waals surface area contributed by atoms with Gasteiger partial charge in [0, 0.05) is 12.1 Å². The van der Waals surface area contributed by atoms with Crippen LogP contribution in [0.1, 0.15) is 35.7 Å². The lowest BCUT2D eigenvalue weighted by Gasteiger charge is -2.13. The largest absolute Gasteiger partial charge is 0.479 e. The number of hydrogen-bond acceptors (Lipinski definition) is 6. The summed E-state index contributed by atoms with van der Waals surface area (Å²) in [6, 6.07) is 8.38. The molecule has 1 aliphatic heterocycles. The fourth-order valence-corrected chi connectivity index (χ4v) is 2.41. The average Bonchev–Trinajstić information content (AvgIpc) is 3.11. The Kier molecular flexibility index (Phi) is 4.61. The number of esters is 1. The SMILES string of the molecule is CCOC(=O)C(C)Oc1ccc2c(c1)O/C(=C\c1ccc(C)o1)C2=O. The van der Waals surface area contributed by atoms with Gasteiger partial charge in [0.2, 0.25) is 5.78 Å². The molecule has 25 heavy (non-hydrogen) atoms. The van der Waals surface area contributed by atoms with Crippen molar-refractivity contribution in [1.29, 1.82) is 0 Å². The molecule has 2 aromatic rings. The maximum absolute atomic E-state index is 12.4. The number of Topliss-reactive ketones (excluding diaryl/α,β-unsaturated/α-hetero) is 1. The lowest BCUT2D eigenvalue weighted by molar-refractivity contribution is -0.150. The van der Waals surface area contributed by atoms with Crippen LogP contribution in [0.4, 0.5) is 0 Å². The minimum absolute atomic E-state index is 0.181. The number of aryl methyl sites for hydroxylation is 1. The minimum Gasteiger partial charge on any atom is -0.479 e. The van der Waals surface area contributed by atoms with E-state index < -0.39 is 12.1 Å². The van der Waals surface area contributed by atoms with Gasteiger partial charge in [-0.05, 0) is 45.0 Å². The van der Waals surface area contributed by atoms with E-state index in [1.54, 1.807) is 44.2 Å². The second-order valence-electron chi connectivity index (χ2n) is 5.56. The number of ketones is 1. The van der Waals surface area contributed by atoms with Crippen molar-refractivity contribution >= 4 is 17.8 Å². The smallest absolute Gasteiger partial charge is 0.347 e. The molecule has 0 aliphatic carbocycles. The Balaban J connectivity index is 1.77. The van der Waals surface area contributed by atoms with E-state index in [4.69, 9.17) is 18.6 Å². The Morgan fingerprint density at radius 3 is 2.76 bits per heavy atom. The van der Waals surface area contributed by atoms with Gasteiger partial charge < -0.3 is 18.6 Å². The van der Waals surface area contributed by atoms with Crippen LogP contribution < -0.4 is 9.47 Å². The van der Waals surface area contributed by atoms with Crippen molar-refractivity contribution in [3.63, 3.8) is 0 Å². The van der Waals surface area contributed by atoms with Crippen LogP contribution in [0.15, 0.2) is 40.5 Å². The maximum atomic E-state index is 12.4. The number of furan rings is 1. The van der Waals surface area contributed by atoms with Crippen LogP contribution >= 0.6 is 0 Å². The van der Waals surface area contributed by atoms with Gasteiger partial charge in [0.25, 0.3) is 0 Å². The zero-order valence-electron chi connectivity index (χ0n) is 14.2. The molecule has 0 spiro atoms. The van der Waals surface area contributed by atoms with Crippen LogP contribution in [0.25, 0.3) is 6.08 Å². The summed E-state index contributed by atoms with van der Waals surface area (Å²) in [5.74, 6) is 1.59. The molecule has 0 N–H and O–H groups in total. The lowest BCUT2D eigenvalue weighted by Crippen LogP contribution is -2.26. The molecule has 130 valence electrons. The van der Waals surface area contributed by atoms with Gasteiger partial charge in [0.05, 0.1) is 12.2 Å². The maximum Gasteiger partial charge on any atom is 0.347 e. The highest BCUT2D eigenvalue weighted by atomic mass is 16.6. The van der Waals surface area contributed by atoms with Crippen molar-refractivity contribution in [1.82, 2.24) is 0 Å². The Labute approximate surface area is 145 Å². The first-order chi connectivity index (χ1) is 12.0. The number of fused-ring (bicyclic) bond motifs is 1. The number of allylic oxidation sites excluding steroid dienone is 1. The predicted molar refractivity (Wildman–Crippen MR) is 89.5 cm³/mol. The number of ether oxygens (including phenoxy) is 3. The summed E-state index contributed by atoms with van der Waals surface area (Å²) in [4.78, 5) is 24.0. The fourth-order valence-electron chi connectivity index (χ4n) is 2.41. The van der Waals surface area contributed by atoms with E-state index in [1.807, 2.05) is 13.0 Å². The first kappa shape index (κ1) is 16.8. The topological polar surface area (TPSA) is 75.0 Å².